The molecule has 1 aliphatic heterocycles. The largest absolute Gasteiger partial charge is 0.397 e. The first kappa shape index (κ1) is 31.1. The molecular weight excluding hydrogens is 630 g/mol. The van der Waals surface area contributed by atoms with Crippen molar-refractivity contribution in [1.29, 1.82) is 0 Å². The maximum atomic E-state index is 11.1. The van der Waals surface area contributed by atoms with Crippen LogP contribution in [0.5, 0.6) is 0 Å². The molecule has 0 spiro atoms. The standard InChI is InChI=1S/C34H47N9O4S/c44-48(45,46)47-5-4-40-3-1-2-35-30(18-40)19-41(20-31-22-42(38-36-31)33-12-24-6-25(13-33)8-26(7-24)14-33)21-32-23-43(39-37-32)34-15-27-9-28(16-34)11-29(10-27)17-34/h1,18,22-29H,3-17,19-21H2,(H,44,45,46). The Morgan fingerprint density at radius 2 is 1.27 bits per heavy atom. The summed E-state index contributed by atoms with van der Waals surface area (Å²) in [6.45, 7) is 2.28. The van der Waals surface area contributed by atoms with Gasteiger partial charge in [0.25, 0.3) is 0 Å². The second kappa shape index (κ2) is 11.9. The zero-order chi connectivity index (χ0) is 32.5. The molecule has 0 amide bonds. The van der Waals surface area contributed by atoms with E-state index in [1.165, 1.54) is 77.0 Å². The van der Waals surface area contributed by atoms with Crippen LogP contribution < -0.4 is 0 Å². The van der Waals surface area contributed by atoms with Gasteiger partial charge in [0.2, 0.25) is 0 Å². The van der Waals surface area contributed by atoms with E-state index in [1.807, 2.05) is 11.1 Å². The third-order valence-corrected chi connectivity index (χ3v) is 13.3. The second-order valence-electron chi connectivity index (χ2n) is 16.5. The summed E-state index contributed by atoms with van der Waals surface area (Å²) in [5.41, 5.74) is 2.89. The lowest BCUT2D eigenvalue weighted by Gasteiger charge is -2.56. The van der Waals surface area contributed by atoms with Crippen molar-refractivity contribution in [2.45, 2.75) is 101 Å². The van der Waals surface area contributed by atoms with Crippen LogP contribution in [0.25, 0.3) is 0 Å². The quantitative estimate of drug-likeness (QED) is 0.328. The summed E-state index contributed by atoms with van der Waals surface area (Å²) >= 11 is 0. The molecule has 0 saturated heterocycles. The van der Waals surface area contributed by atoms with Gasteiger partial charge in [0, 0.05) is 38.9 Å². The van der Waals surface area contributed by atoms with Gasteiger partial charge < -0.3 is 4.90 Å². The molecule has 8 aliphatic carbocycles. The van der Waals surface area contributed by atoms with Crippen molar-refractivity contribution in [1.82, 2.24) is 39.8 Å². The maximum absolute atomic E-state index is 11.1. The van der Waals surface area contributed by atoms with Crippen LogP contribution in [0.4, 0.5) is 0 Å². The predicted molar refractivity (Wildman–Crippen MR) is 176 cm³/mol. The van der Waals surface area contributed by atoms with Gasteiger partial charge in [-0.1, -0.05) is 10.4 Å². The van der Waals surface area contributed by atoms with Gasteiger partial charge in [-0.05, 0) is 125 Å². The van der Waals surface area contributed by atoms with E-state index in [9.17, 15) is 8.42 Å². The normalized spacial score (nSPS) is 36.4. The highest BCUT2D eigenvalue weighted by Gasteiger charge is 2.53. The van der Waals surface area contributed by atoms with Crippen LogP contribution >= 0.6 is 0 Å². The van der Waals surface area contributed by atoms with Crippen LogP contribution in [0.1, 0.15) is 88.4 Å². The van der Waals surface area contributed by atoms with E-state index < -0.39 is 10.4 Å². The smallest absolute Gasteiger partial charge is 0.369 e. The average Bonchev–Trinajstić information content (AvgIpc) is 3.63. The molecule has 9 aliphatic rings. The SMILES string of the molecule is O=S(=O)(O)OCCN1C=C(CN(Cc2cn(C34CC5CC(CC(C5)C3)C4)nn2)Cc2cn(C34CC5CC(CC(C5)C3)C4)nn2)N=C=CC1. The van der Waals surface area contributed by atoms with Crippen LogP contribution in [-0.4, -0.2) is 84.9 Å². The molecule has 3 heterocycles. The monoisotopic (exact) mass is 677 g/mol. The summed E-state index contributed by atoms with van der Waals surface area (Å²) in [4.78, 5) is 8.80. The van der Waals surface area contributed by atoms with Crippen molar-refractivity contribution in [2.75, 3.05) is 26.2 Å². The topological polar surface area (TPSA) is 144 Å². The van der Waals surface area contributed by atoms with Crippen molar-refractivity contribution < 1.29 is 17.2 Å². The van der Waals surface area contributed by atoms with Gasteiger partial charge in [0.1, 0.15) is 0 Å². The van der Waals surface area contributed by atoms with E-state index >= 15 is 0 Å². The summed E-state index contributed by atoms with van der Waals surface area (Å²) in [5, 5.41) is 19.0. The first-order valence-corrected chi connectivity index (χ1v) is 19.4. The molecule has 0 unspecified atom stereocenters. The second-order valence-corrected chi connectivity index (χ2v) is 17.6. The van der Waals surface area contributed by atoms with Crippen LogP contribution in [0.3, 0.4) is 0 Å². The molecule has 8 bridgehead atoms. The van der Waals surface area contributed by atoms with Gasteiger partial charge >= 0.3 is 10.4 Å². The van der Waals surface area contributed by atoms with Gasteiger partial charge in [0.05, 0.1) is 47.2 Å². The van der Waals surface area contributed by atoms with E-state index in [4.69, 9.17) is 25.2 Å². The van der Waals surface area contributed by atoms with E-state index in [1.54, 1.807) is 6.08 Å². The molecule has 1 N–H and O–H groups in total. The lowest BCUT2D eigenvalue weighted by atomic mass is 9.53. The minimum absolute atomic E-state index is 0.120. The Morgan fingerprint density at radius 1 is 0.792 bits per heavy atom. The van der Waals surface area contributed by atoms with Gasteiger partial charge in [0.15, 0.2) is 0 Å². The number of nitrogens with zero attached hydrogens (tertiary/aromatic N) is 9. The fourth-order valence-corrected chi connectivity index (χ4v) is 12.1. The van der Waals surface area contributed by atoms with E-state index in [-0.39, 0.29) is 24.2 Å². The Labute approximate surface area is 282 Å². The first-order valence-electron chi connectivity index (χ1n) is 18.1. The third-order valence-electron chi connectivity index (χ3n) is 12.8. The Hall–Kier alpha value is -2.90. The summed E-state index contributed by atoms with van der Waals surface area (Å²) in [5.74, 6) is 7.99. The zero-order valence-electron chi connectivity index (χ0n) is 27.6. The lowest BCUT2D eigenvalue weighted by molar-refractivity contribution is -0.0503. The van der Waals surface area contributed by atoms with Gasteiger partial charge in [-0.25, -0.2) is 18.5 Å². The molecule has 8 saturated carbocycles. The van der Waals surface area contributed by atoms with Crippen LogP contribution in [0, 0.1) is 35.5 Å². The first-order chi connectivity index (χ1) is 23.2. The molecule has 2 aromatic rings. The number of rotatable bonds is 12. The predicted octanol–water partition coefficient (Wildman–Crippen LogP) is 3.92. The van der Waals surface area contributed by atoms with Crippen molar-refractivity contribution in [3.8, 4) is 0 Å². The number of aromatic nitrogens is 6. The summed E-state index contributed by atoms with van der Waals surface area (Å²) in [6.07, 6.45) is 23.8. The zero-order valence-corrected chi connectivity index (χ0v) is 28.4. The fraction of sp³-hybridized carbons (Fsp3) is 0.765. The Balaban J connectivity index is 0.952. The molecule has 11 rings (SSSR count). The molecule has 258 valence electrons. The number of aliphatic imine (C=N–C) groups is 1. The average molecular weight is 678 g/mol. The van der Waals surface area contributed by atoms with Crippen LogP contribution in [0.2, 0.25) is 0 Å². The lowest BCUT2D eigenvalue weighted by Crippen LogP contribution is -2.52. The van der Waals surface area contributed by atoms with Gasteiger partial charge in [-0.3, -0.25) is 9.45 Å². The summed E-state index contributed by atoms with van der Waals surface area (Å²) in [6, 6.07) is 0. The number of hydrogen-bond acceptors (Lipinski definition) is 10. The molecule has 8 fully saturated rings. The number of hydrogen-bond donors (Lipinski definition) is 1. The highest BCUT2D eigenvalue weighted by molar-refractivity contribution is 7.80. The molecule has 48 heavy (non-hydrogen) atoms. The van der Waals surface area contributed by atoms with Crippen LogP contribution in [0.15, 0.2) is 35.4 Å². The Bertz CT molecular complexity index is 1590. The van der Waals surface area contributed by atoms with Crippen LogP contribution in [-0.2, 0) is 38.7 Å². The molecule has 2 aromatic heterocycles. The molecule has 0 aromatic carbocycles. The molecule has 0 atom stereocenters. The highest BCUT2D eigenvalue weighted by atomic mass is 32.3. The summed E-state index contributed by atoms with van der Waals surface area (Å²) < 4.78 is 40.2. The Morgan fingerprint density at radius 3 is 1.73 bits per heavy atom. The van der Waals surface area contributed by atoms with Gasteiger partial charge in [-0.15, -0.1) is 10.2 Å². The van der Waals surface area contributed by atoms with Gasteiger partial charge in [-0.2, -0.15) is 8.42 Å². The highest BCUT2D eigenvalue weighted by Crippen LogP contribution is 2.59. The summed E-state index contributed by atoms with van der Waals surface area (Å²) in [7, 11) is -4.50. The van der Waals surface area contributed by atoms with E-state index in [0.717, 1.165) is 52.6 Å². The fourth-order valence-electron chi connectivity index (χ4n) is 11.8. The van der Waals surface area contributed by atoms with E-state index in [0.29, 0.717) is 26.2 Å². The van der Waals surface area contributed by atoms with E-state index in [2.05, 4.69) is 41.7 Å². The molecule has 14 heteroatoms. The molecular formula is C34H47N9O4S. The minimum Gasteiger partial charge on any atom is -0.369 e. The molecule has 13 nitrogen and oxygen atoms in total. The third kappa shape index (κ3) is 6.19. The van der Waals surface area contributed by atoms with Crippen molar-refractivity contribution >= 4 is 16.3 Å². The Kier molecular flexibility index (Phi) is 7.69. The van der Waals surface area contributed by atoms with Crippen molar-refractivity contribution in [2.24, 2.45) is 40.5 Å². The van der Waals surface area contributed by atoms with Crippen molar-refractivity contribution in [3.05, 3.63) is 41.8 Å². The minimum atomic E-state index is -4.50. The molecule has 0 radical (unpaired) electrons. The van der Waals surface area contributed by atoms with Crippen molar-refractivity contribution in [3.63, 3.8) is 0 Å². The maximum Gasteiger partial charge on any atom is 0.397 e.